The van der Waals surface area contributed by atoms with Gasteiger partial charge in [0.2, 0.25) is 0 Å². The summed E-state index contributed by atoms with van der Waals surface area (Å²) in [7, 11) is 0. The molecule has 0 saturated heterocycles. The second-order valence-electron chi connectivity index (χ2n) is 10.3. The van der Waals surface area contributed by atoms with Crippen molar-refractivity contribution in [2.45, 2.75) is 154 Å². The summed E-state index contributed by atoms with van der Waals surface area (Å²) in [5, 5.41) is 3.45. The van der Waals surface area contributed by atoms with Crippen molar-refractivity contribution in [3.05, 3.63) is 0 Å². The molecule has 0 saturated carbocycles. The zero-order chi connectivity index (χ0) is 27.1. The van der Waals surface area contributed by atoms with Gasteiger partial charge in [0.05, 0.1) is 0 Å². The first-order valence-corrected chi connectivity index (χ1v) is 21.2. The molecule has 0 aliphatic rings. The number of hydrogen-bond donors (Lipinski definition) is 0. The average molecular weight is 611 g/mol. The van der Waals surface area contributed by atoms with Crippen LogP contribution >= 0.6 is 58.8 Å². The van der Waals surface area contributed by atoms with Gasteiger partial charge in [-0.15, -0.1) is 0 Å². The first-order chi connectivity index (χ1) is 18.2. The summed E-state index contributed by atoms with van der Waals surface area (Å²) in [5.41, 5.74) is 0. The van der Waals surface area contributed by atoms with E-state index < -0.39 is 0 Å². The predicted molar refractivity (Wildman–Crippen MR) is 185 cm³/mol. The van der Waals surface area contributed by atoms with E-state index in [4.69, 9.17) is 0 Å². The molecule has 0 aromatic carbocycles. The third-order valence-corrected chi connectivity index (χ3v) is 12.7. The number of thioether (sulfide) groups is 5. The van der Waals surface area contributed by atoms with Crippen LogP contribution in [0.5, 0.6) is 0 Å². The van der Waals surface area contributed by atoms with Crippen molar-refractivity contribution in [1.82, 2.24) is 0 Å². The highest BCUT2D eigenvalue weighted by molar-refractivity contribution is 8.16. The van der Waals surface area contributed by atoms with Crippen molar-refractivity contribution < 1.29 is 4.79 Å². The Morgan fingerprint density at radius 2 is 0.811 bits per heavy atom. The van der Waals surface area contributed by atoms with Gasteiger partial charge in [-0.3, -0.25) is 4.79 Å². The lowest BCUT2D eigenvalue weighted by atomic mass is 10.0. The van der Waals surface area contributed by atoms with Gasteiger partial charge in [-0.1, -0.05) is 116 Å². The highest BCUT2D eigenvalue weighted by atomic mass is 32.2. The van der Waals surface area contributed by atoms with Crippen LogP contribution in [0, 0.1) is 0 Å². The summed E-state index contributed by atoms with van der Waals surface area (Å²) >= 11 is 10.1. The number of unbranched alkanes of at least 4 members (excludes halogenated alkanes) is 14. The number of carbonyl (C=O) groups is 1. The van der Waals surface area contributed by atoms with E-state index in [0.717, 1.165) is 0 Å². The smallest absolute Gasteiger partial charge is 0.186 e. The maximum atomic E-state index is 11.7. The Balaban J connectivity index is 3.49. The summed E-state index contributed by atoms with van der Waals surface area (Å²) in [6.45, 7) is 6.31. The molecule has 222 valence electrons. The Morgan fingerprint density at radius 3 is 1.16 bits per heavy atom. The van der Waals surface area contributed by atoms with Crippen LogP contribution in [-0.4, -0.2) is 43.5 Å². The summed E-state index contributed by atoms with van der Waals surface area (Å²) in [6, 6.07) is 0. The lowest BCUT2D eigenvalue weighted by molar-refractivity contribution is -0.109. The van der Waals surface area contributed by atoms with Crippen molar-refractivity contribution in [2.24, 2.45) is 0 Å². The molecule has 0 N–H and O–H groups in total. The van der Waals surface area contributed by atoms with Gasteiger partial charge in [0.15, 0.2) is 5.12 Å². The molecule has 0 unspecified atom stereocenters. The number of carbonyl (C=O) groups excluding carboxylic acids is 1. The van der Waals surface area contributed by atoms with Crippen LogP contribution in [0.3, 0.4) is 0 Å². The normalized spacial score (nSPS) is 11.6. The first-order valence-electron chi connectivity index (χ1n) is 15.7. The lowest BCUT2D eigenvalue weighted by Gasteiger charge is -2.15. The van der Waals surface area contributed by atoms with E-state index in [1.54, 1.807) is 18.7 Å². The van der Waals surface area contributed by atoms with Gasteiger partial charge in [0.25, 0.3) is 0 Å². The van der Waals surface area contributed by atoms with Crippen LogP contribution in [0.1, 0.15) is 149 Å². The molecule has 1 nitrogen and oxygen atoms in total. The topological polar surface area (TPSA) is 17.1 Å². The molecule has 0 bridgehead atoms. The zero-order valence-electron chi connectivity index (χ0n) is 24.9. The minimum atomic E-state index is 0.312. The lowest BCUT2D eigenvalue weighted by Crippen LogP contribution is -2.06. The molecule has 0 amide bonds. The van der Waals surface area contributed by atoms with Gasteiger partial charge in [-0.2, -0.15) is 47.0 Å². The van der Waals surface area contributed by atoms with Gasteiger partial charge in [0.1, 0.15) is 0 Å². The largest absolute Gasteiger partial charge is 0.288 e. The molecule has 0 aliphatic heterocycles. The van der Waals surface area contributed by atoms with Crippen molar-refractivity contribution in [3.8, 4) is 0 Å². The van der Waals surface area contributed by atoms with E-state index >= 15 is 0 Å². The standard InChI is InChI=1S/C31H62OS5/c1-4-6-18-24-33-28-35-26-20-14-10-8-12-16-22-31(37-30(3)32)23-17-13-9-11-15-21-27-36-29-34-25-19-7-5-2/h31H,4-29H2,1-3H3. The second-order valence-corrected chi connectivity index (χ2v) is 17.0. The second kappa shape index (κ2) is 33.6. The average Bonchev–Trinajstić information content (AvgIpc) is 2.88. The molecule has 0 fully saturated rings. The molecular weight excluding hydrogens is 549 g/mol. The fourth-order valence-corrected chi connectivity index (χ4v) is 9.83. The van der Waals surface area contributed by atoms with Gasteiger partial charge in [-0.05, 0) is 61.5 Å². The molecule has 0 atom stereocenters. The number of rotatable bonds is 31. The van der Waals surface area contributed by atoms with E-state index in [2.05, 4.69) is 60.9 Å². The van der Waals surface area contributed by atoms with Crippen LogP contribution in [0.4, 0.5) is 0 Å². The minimum absolute atomic E-state index is 0.312. The Labute approximate surface area is 254 Å². The Kier molecular flexibility index (Phi) is 34.9. The summed E-state index contributed by atoms with van der Waals surface area (Å²) < 4.78 is 0. The third kappa shape index (κ3) is 33.5. The van der Waals surface area contributed by atoms with Crippen molar-refractivity contribution >= 4 is 63.9 Å². The van der Waals surface area contributed by atoms with E-state index in [1.165, 1.54) is 162 Å². The molecule has 0 radical (unpaired) electrons. The Morgan fingerprint density at radius 1 is 0.486 bits per heavy atom. The molecule has 6 heteroatoms. The third-order valence-electron chi connectivity index (χ3n) is 6.58. The highest BCUT2D eigenvalue weighted by Gasteiger charge is 2.11. The maximum absolute atomic E-state index is 11.7. The molecule has 0 aliphatic carbocycles. The summed E-state index contributed by atoms with van der Waals surface area (Å²) in [5.74, 6) is 5.38. The molecular formula is C31H62OS5. The van der Waals surface area contributed by atoms with Crippen molar-refractivity contribution in [3.63, 3.8) is 0 Å². The molecule has 0 aromatic heterocycles. The van der Waals surface area contributed by atoms with Gasteiger partial charge >= 0.3 is 0 Å². The van der Waals surface area contributed by atoms with E-state index in [9.17, 15) is 4.79 Å². The SMILES string of the molecule is CCCCCSCSCCCCCCCCC(CCCCCCCCSCSCCCCC)SC(C)=O. The quantitative estimate of drug-likeness (QED) is 0.0569. The molecule has 0 rings (SSSR count). The van der Waals surface area contributed by atoms with Crippen LogP contribution in [0.15, 0.2) is 0 Å². The van der Waals surface area contributed by atoms with Crippen molar-refractivity contribution in [1.29, 1.82) is 0 Å². The van der Waals surface area contributed by atoms with Crippen LogP contribution in [0.2, 0.25) is 0 Å². The Hall–Kier alpha value is 1.42. The highest BCUT2D eigenvalue weighted by Crippen LogP contribution is 2.25. The van der Waals surface area contributed by atoms with E-state index in [-0.39, 0.29) is 0 Å². The maximum Gasteiger partial charge on any atom is 0.186 e. The summed E-state index contributed by atoms with van der Waals surface area (Å²) in [6.07, 6.45) is 27.2. The molecule has 0 heterocycles. The van der Waals surface area contributed by atoms with Crippen LogP contribution in [-0.2, 0) is 4.79 Å². The Bertz CT molecular complexity index is 417. The molecule has 37 heavy (non-hydrogen) atoms. The van der Waals surface area contributed by atoms with Crippen LogP contribution < -0.4 is 0 Å². The molecule has 0 spiro atoms. The van der Waals surface area contributed by atoms with Gasteiger partial charge < -0.3 is 0 Å². The van der Waals surface area contributed by atoms with E-state index in [0.29, 0.717) is 10.4 Å². The summed E-state index contributed by atoms with van der Waals surface area (Å²) in [4.78, 5) is 11.7. The predicted octanol–water partition coefficient (Wildman–Crippen LogP) is 12.3. The number of hydrogen-bond acceptors (Lipinski definition) is 6. The van der Waals surface area contributed by atoms with Crippen LogP contribution in [0.25, 0.3) is 0 Å². The fourth-order valence-electron chi connectivity index (χ4n) is 4.33. The zero-order valence-corrected chi connectivity index (χ0v) is 29.0. The minimum Gasteiger partial charge on any atom is -0.288 e. The first kappa shape index (κ1) is 38.4. The van der Waals surface area contributed by atoms with Gasteiger partial charge in [0, 0.05) is 22.3 Å². The van der Waals surface area contributed by atoms with Gasteiger partial charge in [-0.25, -0.2) is 0 Å². The molecule has 0 aromatic rings. The monoisotopic (exact) mass is 610 g/mol. The fraction of sp³-hybridized carbons (Fsp3) is 0.968. The van der Waals surface area contributed by atoms with Crippen molar-refractivity contribution in [2.75, 3.05) is 33.2 Å². The van der Waals surface area contributed by atoms with E-state index in [1.807, 2.05) is 0 Å².